The molecule has 0 aliphatic rings. The van der Waals surface area contributed by atoms with Crippen LogP contribution in [0.1, 0.15) is 5.56 Å². The summed E-state index contributed by atoms with van der Waals surface area (Å²) in [6.45, 7) is 1.84. The smallest absolute Gasteiger partial charge is 0.246 e. The molecule has 0 aliphatic heterocycles. The van der Waals surface area contributed by atoms with Crippen molar-refractivity contribution in [2.75, 3.05) is 5.32 Å². The molecular weight excluding hydrogens is 277 g/mol. The van der Waals surface area contributed by atoms with Crippen molar-refractivity contribution in [3.05, 3.63) is 34.3 Å². The number of halogens is 2. The first-order valence-electron chi connectivity index (χ1n) is 5.03. The van der Waals surface area contributed by atoms with Gasteiger partial charge in [0.1, 0.15) is 11.7 Å². The first kappa shape index (κ1) is 12.8. The summed E-state index contributed by atoms with van der Waals surface area (Å²) in [6, 6.07) is 1.62. The Labute approximate surface area is 113 Å². The van der Waals surface area contributed by atoms with Gasteiger partial charge in [0.2, 0.25) is 5.91 Å². The van der Waals surface area contributed by atoms with Crippen molar-refractivity contribution in [3.8, 4) is 0 Å². The summed E-state index contributed by atoms with van der Waals surface area (Å²) in [5.74, 6) is -0.269. The summed E-state index contributed by atoms with van der Waals surface area (Å²) in [5.41, 5.74) is 1.19. The zero-order valence-electron chi connectivity index (χ0n) is 9.39. The Morgan fingerprint density at radius 2 is 2.28 bits per heavy atom. The molecule has 18 heavy (non-hydrogen) atoms. The number of hydrogen-bond acceptors (Lipinski definition) is 4. The van der Waals surface area contributed by atoms with Crippen molar-refractivity contribution >= 4 is 34.8 Å². The molecule has 0 spiro atoms. The number of nitrogens with zero attached hydrogens (tertiary/aromatic N) is 4. The third kappa shape index (κ3) is 2.96. The van der Waals surface area contributed by atoms with E-state index in [0.29, 0.717) is 5.69 Å². The Kier molecular flexibility index (Phi) is 3.78. The first-order chi connectivity index (χ1) is 8.56. The molecule has 2 rings (SSSR count). The minimum atomic E-state index is -0.269. The van der Waals surface area contributed by atoms with Crippen molar-refractivity contribution in [1.29, 1.82) is 0 Å². The third-order valence-electron chi connectivity index (χ3n) is 2.18. The van der Waals surface area contributed by atoms with Gasteiger partial charge in [-0.15, -0.1) is 5.10 Å². The van der Waals surface area contributed by atoms with Crippen molar-refractivity contribution < 1.29 is 4.79 Å². The highest BCUT2D eigenvalue weighted by Gasteiger charge is 2.11. The standard InChI is InChI=1S/C10H9Cl2N5O/c1-6-4-7(11)14-10(12)9(6)15-8(18)5-17-3-2-13-16-17/h2-4H,5H2,1H3,(H,15,18). The molecular formula is C10H9Cl2N5O. The number of nitrogens with one attached hydrogen (secondary N) is 1. The minimum Gasteiger partial charge on any atom is -0.322 e. The molecule has 1 N–H and O–H groups in total. The Hall–Kier alpha value is -1.66. The molecule has 0 bridgehead atoms. The predicted octanol–water partition coefficient (Wildman–Crippen LogP) is 1.93. The molecule has 0 saturated heterocycles. The van der Waals surface area contributed by atoms with Crippen LogP contribution in [0.4, 0.5) is 5.69 Å². The summed E-state index contributed by atoms with van der Waals surface area (Å²) in [7, 11) is 0. The van der Waals surface area contributed by atoms with E-state index in [1.54, 1.807) is 19.2 Å². The lowest BCUT2D eigenvalue weighted by Gasteiger charge is -2.09. The molecule has 0 aliphatic carbocycles. The van der Waals surface area contributed by atoms with Crippen LogP contribution in [0, 0.1) is 6.92 Å². The molecule has 94 valence electrons. The predicted molar refractivity (Wildman–Crippen MR) is 67.6 cm³/mol. The van der Waals surface area contributed by atoms with E-state index in [2.05, 4.69) is 20.6 Å². The molecule has 2 aromatic heterocycles. The van der Waals surface area contributed by atoms with E-state index in [1.165, 1.54) is 10.9 Å². The van der Waals surface area contributed by atoms with E-state index >= 15 is 0 Å². The molecule has 0 radical (unpaired) electrons. The van der Waals surface area contributed by atoms with Crippen molar-refractivity contribution in [3.63, 3.8) is 0 Å². The molecule has 0 fully saturated rings. The Morgan fingerprint density at radius 3 is 2.89 bits per heavy atom. The van der Waals surface area contributed by atoms with E-state index in [-0.39, 0.29) is 22.8 Å². The normalized spacial score (nSPS) is 10.4. The fraction of sp³-hybridized carbons (Fsp3) is 0.200. The summed E-state index contributed by atoms with van der Waals surface area (Å²) in [6.07, 6.45) is 3.09. The zero-order chi connectivity index (χ0) is 13.1. The fourth-order valence-electron chi connectivity index (χ4n) is 1.39. The summed E-state index contributed by atoms with van der Waals surface area (Å²) < 4.78 is 1.40. The van der Waals surface area contributed by atoms with E-state index in [4.69, 9.17) is 23.2 Å². The van der Waals surface area contributed by atoms with Crippen LogP contribution >= 0.6 is 23.2 Å². The average molecular weight is 286 g/mol. The monoisotopic (exact) mass is 285 g/mol. The van der Waals surface area contributed by atoms with Crippen LogP contribution in [0.15, 0.2) is 18.5 Å². The maximum atomic E-state index is 11.8. The number of pyridine rings is 1. The summed E-state index contributed by atoms with van der Waals surface area (Å²) in [4.78, 5) is 15.6. The molecule has 8 heteroatoms. The molecule has 0 saturated carbocycles. The Balaban J connectivity index is 2.12. The molecule has 0 aromatic carbocycles. The number of carbonyl (C=O) groups excluding carboxylic acids is 1. The lowest BCUT2D eigenvalue weighted by Crippen LogP contribution is -2.20. The van der Waals surface area contributed by atoms with Crippen molar-refractivity contribution in [2.45, 2.75) is 13.5 Å². The number of aryl methyl sites for hydroxylation is 1. The lowest BCUT2D eigenvalue weighted by atomic mass is 10.2. The molecule has 2 heterocycles. The number of anilines is 1. The number of hydrogen-bond donors (Lipinski definition) is 1. The van der Waals surface area contributed by atoms with Crippen LogP contribution in [0.3, 0.4) is 0 Å². The van der Waals surface area contributed by atoms with Gasteiger partial charge in [-0.1, -0.05) is 28.4 Å². The largest absolute Gasteiger partial charge is 0.322 e. The van der Waals surface area contributed by atoms with Gasteiger partial charge in [-0.05, 0) is 18.6 Å². The highest BCUT2D eigenvalue weighted by molar-refractivity contribution is 6.34. The molecule has 0 unspecified atom stereocenters. The topological polar surface area (TPSA) is 72.7 Å². The number of amides is 1. The fourth-order valence-corrected chi connectivity index (χ4v) is 1.97. The molecule has 1 amide bonds. The third-order valence-corrected chi connectivity index (χ3v) is 2.65. The van der Waals surface area contributed by atoms with Gasteiger partial charge in [-0.25, -0.2) is 9.67 Å². The zero-order valence-corrected chi connectivity index (χ0v) is 10.9. The quantitative estimate of drug-likeness (QED) is 0.875. The SMILES string of the molecule is Cc1cc(Cl)nc(Cl)c1NC(=O)Cn1ccnn1. The maximum absolute atomic E-state index is 11.8. The average Bonchev–Trinajstić information content (AvgIpc) is 2.76. The highest BCUT2D eigenvalue weighted by Crippen LogP contribution is 2.26. The lowest BCUT2D eigenvalue weighted by molar-refractivity contribution is -0.116. The van der Waals surface area contributed by atoms with E-state index in [1.807, 2.05) is 0 Å². The van der Waals surface area contributed by atoms with Crippen LogP contribution < -0.4 is 5.32 Å². The van der Waals surface area contributed by atoms with Crippen LogP contribution in [-0.2, 0) is 11.3 Å². The minimum absolute atomic E-state index is 0.0540. The Bertz CT molecular complexity index is 547. The Morgan fingerprint density at radius 1 is 1.50 bits per heavy atom. The van der Waals surface area contributed by atoms with Gasteiger partial charge in [0.15, 0.2) is 5.15 Å². The van der Waals surface area contributed by atoms with Crippen LogP contribution in [0.2, 0.25) is 10.3 Å². The summed E-state index contributed by atoms with van der Waals surface area (Å²) >= 11 is 11.7. The van der Waals surface area contributed by atoms with Gasteiger partial charge in [-0.2, -0.15) is 0 Å². The number of aromatic nitrogens is 4. The van der Waals surface area contributed by atoms with E-state index in [9.17, 15) is 4.79 Å². The van der Waals surface area contributed by atoms with E-state index < -0.39 is 0 Å². The summed E-state index contributed by atoms with van der Waals surface area (Å²) in [5, 5.41) is 10.4. The molecule has 2 aromatic rings. The van der Waals surface area contributed by atoms with Gasteiger partial charge in [0.05, 0.1) is 11.9 Å². The molecule has 0 atom stereocenters. The van der Waals surface area contributed by atoms with E-state index in [0.717, 1.165) is 5.56 Å². The second-order valence-electron chi connectivity index (χ2n) is 3.58. The van der Waals surface area contributed by atoms with Crippen LogP contribution in [0.5, 0.6) is 0 Å². The highest BCUT2D eigenvalue weighted by atomic mass is 35.5. The van der Waals surface area contributed by atoms with Crippen molar-refractivity contribution in [1.82, 2.24) is 20.0 Å². The second-order valence-corrected chi connectivity index (χ2v) is 4.32. The van der Waals surface area contributed by atoms with Gasteiger partial charge in [0, 0.05) is 6.20 Å². The van der Waals surface area contributed by atoms with Gasteiger partial charge >= 0.3 is 0 Å². The van der Waals surface area contributed by atoms with Crippen LogP contribution in [-0.4, -0.2) is 25.9 Å². The van der Waals surface area contributed by atoms with Crippen molar-refractivity contribution in [2.24, 2.45) is 0 Å². The van der Waals surface area contributed by atoms with Gasteiger partial charge in [0.25, 0.3) is 0 Å². The number of carbonyl (C=O) groups is 1. The van der Waals surface area contributed by atoms with Gasteiger partial charge in [-0.3, -0.25) is 4.79 Å². The van der Waals surface area contributed by atoms with Crippen LogP contribution in [0.25, 0.3) is 0 Å². The molecule has 6 nitrogen and oxygen atoms in total. The van der Waals surface area contributed by atoms with Gasteiger partial charge < -0.3 is 5.32 Å². The first-order valence-corrected chi connectivity index (χ1v) is 5.78. The second kappa shape index (κ2) is 5.32. The maximum Gasteiger partial charge on any atom is 0.246 e. The number of rotatable bonds is 3.